The quantitative estimate of drug-likeness (QED) is 0.832. The summed E-state index contributed by atoms with van der Waals surface area (Å²) in [6.45, 7) is 9.87. The van der Waals surface area contributed by atoms with E-state index in [1.165, 1.54) is 22.3 Å². The van der Waals surface area contributed by atoms with E-state index in [9.17, 15) is 0 Å². The fourth-order valence-corrected chi connectivity index (χ4v) is 2.48. The van der Waals surface area contributed by atoms with Crippen LogP contribution in [0.2, 0.25) is 0 Å². The van der Waals surface area contributed by atoms with Gasteiger partial charge in [-0.05, 0) is 43.0 Å². The Bertz CT molecular complexity index is 543. The largest absolute Gasteiger partial charge is 0.306 e. The highest BCUT2D eigenvalue weighted by molar-refractivity contribution is 5.39. The molecule has 0 spiro atoms. The molecule has 1 nitrogen and oxygen atoms in total. The number of nitrogens with one attached hydrogen (secondary N) is 1. The molecule has 2 rings (SSSR count). The Morgan fingerprint density at radius 1 is 0.950 bits per heavy atom. The lowest BCUT2D eigenvalue weighted by molar-refractivity contribution is 0.512. The topological polar surface area (TPSA) is 12.0 Å². The molecule has 0 aliphatic carbocycles. The van der Waals surface area contributed by atoms with E-state index in [1.54, 1.807) is 0 Å². The zero-order valence-electron chi connectivity index (χ0n) is 13.0. The molecule has 0 amide bonds. The van der Waals surface area contributed by atoms with Crippen LogP contribution in [0, 0.1) is 19.8 Å². The van der Waals surface area contributed by atoms with Gasteiger partial charge in [0, 0.05) is 0 Å². The van der Waals surface area contributed by atoms with Gasteiger partial charge in [0.1, 0.15) is 0 Å². The molecule has 0 radical (unpaired) electrons. The van der Waals surface area contributed by atoms with Crippen molar-refractivity contribution in [3.05, 3.63) is 70.8 Å². The van der Waals surface area contributed by atoms with Crippen LogP contribution in [0.3, 0.4) is 0 Å². The molecule has 0 bridgehead atoms. The van der Waals surface area contributed by atoms with E-state index in [-0.39, 0.29) is 6.04 Å². The summed E-state index contributed by atoms with van der Waals surface area (Å²) < 4.78 is 0. The summed E-state index contributed by atoms with van der Waals surface area (Å²) in [6.07, 6.45) is 0. The summed E-state index contributed by atoms with van der Waals surface area (Å²) in [7, 11) is 0. The third kappa shape index (κ3) is 3.71. The predicted octanol–water partition coefficient (Wildman–Crippen LogP) is 4.64. The Morgan fingerprint density at radius 3 is 2.30 bits per heavy atom. The summed E-state index contributed by atoms with van der Waals surface area (Å²) in [5, 5.41) is 3.72. The third-order valence-electron chi connectivity index (χ3n) is 3.61. The summed E-state index contributed by atoms with van der Waals surface area (Å²) >= 11 is 0. The fraction of sp³-hybridized carbons (Fsp3) is 0.368. The molecule has 0 saturated carbocycles. The lowest BCUT2D eigenvalue weighted by Crippen LogP contribution is -2.27. The maximum atomic E-state index is 3.72. The zero-order valence-corrected chi connectivity index (χ0v) is 13.0. The second-order valence-corrected chi connectivity index (χ2v) is 6.01. The van der Waals surface area contributed by atoms with Crippen molar-refractivity contribution in [2.45, 2.75) is 33.7 Å². The van der Waals surface area contributed by atoms with Gasteiger partial charge in [0.2, 0.25) is 0 Å². The third-order valence-corrected chi connectivity index (χ3v) is 3.61. The average Bonchev–Trinajstić information content (AvgIpc) is 2.43. The molecule has 20 heavy (non-hydrogen) atoms. The molecule has 0 heterocycles. The van der Waals surface area contributed by atoms with Crippen molar-refractivity contribution >= 4 is 0 Å². The van der Waals surface area contributed by atoms with E-state index in [0.29, 0.717) is 5.92 Å². The predicted molar refractivity (Wildman–Crippen MR) is 87.0 cm³/mol. The maximum Gasteiger partial charge on any atom is 0.0579 e. The van der Waals surface area contributed by atoms with Crippen molar-refractivity contribution in [2.24, 2.45) is 5.92 Å². The highest BCUT2D eigenvalue weighted by Gasteiger charge is 2.16. The Balaban J connectivity index is 2.38. The molecule has 2 aromatic rings. The Kier molecular flexibility index (Phi) is 4.97. The highest BCUT2D eigenvalue weighted by Crippen LogP contribution is 2.26. The molecular weight excluding hydrogens is 242 g/mol. The van der Waals surface area contributed by atoms with Gasteiger partial charge in [-0.1, -0.05) is 67.9 Å². The van der Waals surface area contributed by atoms with E-state index in [1.807, 2.05) is 0 Å². The monoisotopic (exact) mass is 267 g/mol. The molecule has 1 unspecified atom stereocenters. The van der Waals surface area contributed by atoms with Crippen molar-refractivity contribution in [3.8, 4) is 0 Å². The van der Waals surface area contributed by atoms with Crippen molar-refractivity contribution in [2.75, 3.05) is 6.54 Å². The van der Waals surface area contributed by atoms with Gasteiger partial charge in [0.25, 0.3) is 0 Å². The van der Waals surface area contributed by atoms with Crippen LogP contribution in [0.5, 0.6) is 0 Å². The molecular formula is C19H25N. The minimum absolute atomic E-state index is 0.276. The van der Waals surface area contributed by atoms with Crippen molar-refractivity contribution < 1.29 is 0 Å². The van der Waals surface area contributed by atoms with Gasteiger partial charge in [0.15, 0.2) is 0 Å². The van der Waals surface area contributed by atoms with Crippen LogP contribution in [0.25, 0.3) is 0 Å². The smallest absolute Gasteiger partial charge is 0.0579 e. The lowest BCUT2D eigenvalue weighted by atomic mass is 9.93. The van der Waals surface area contributed by atoms with Crippen LogP contribution in [-0.2, 0) is 0 Å². The summed E-state index contributed by atoms with van der Waals surface area (Å²) in [6, 6.07) is 17.7. The second kappa shape index (κ2) is 6.71. The Labute approximate surface area is 123 Å². The molecule has 1 heteroatoms. The van der Waals surface area contributed by atoms with Gasteiger partial charge in [-0.2, -0.15) is 0 Å². The molecule has 0 fully saturated rings. The van der Waals surface area contributed by atoms with E-state index in [2.05, 4.69) is 81.5 Å². The first-order valence-corrected chi connectivity index (χ1v) is 7.43. The highest BCUT2D eigenvalue weighted by atomic mass is 14.9. The SMILES string of the molecule is Cc1ccc(C)c(C(NCC(C)C)c2ccccc2)c1. The summed E-state index contributed by atoms with van der Waals surface area (Å²) in [5.74, 6) is 0.645. The number of hydrogen-bond acceptors (Lipinski definition) is 1. The fourth-order valence-electron chi connectivity index (χ4n) is 2.48. The molecule has 106 valence electrons. The van der Waals surface area contributed by atoms with E-state index in [4.69, 9.17) is 0 Å². The number of benzene rings is 2. The van der Waals surface area contributed by atoms with Crippen LogP contribution >= 0.6 is 0 Å². The summed E-state index contributed by atoms with van der Waals surface area (Å²) in [5.41, 5.74) is 5.39. The molecule has 0 saturated heterocycles. The van der Waals surface area contributed by atoms with Crippen LogP contribution in [-0.4, -0.2) is 6.54 Å². The Hall–Kier alpha value is -1.60. The van der Waals surface area contributed by atoms with Gasteiger partial charge < -0.3 is 5.32 Å². The van der Waals surface area contributed by atoms with Crippen LogP contribution < -0.4 is 5.32 Å². The molecule has 0 aliphatic rings. The average molecular weight is 267 g/mol. The minimum atomic E-state index is 0.276. The normalized spacial score (nSPS) is 12.7. The first kappa shape index (κ1) is 14.8. The van der Waals surface area contributed by atoms with Crippen LogP contribution in [0.4, 0.5) is 0 Å². The standard InChI is InChI=1S/C19H25N/c1-14(2)13-20-19(17-8-6-5-7-9-17)18-12-15(3)10-11-16(18)4/h5-12,14,19-20H,13H2,1-4H3. The molecule has 2 aromatic carbocycles. The first-order valence-electron chi connectivity index (χ1n) is 7.43. The Morgan fingerprint density at radius 2 is 1.65 bits per heavy atom. The molecule has 1 N–H and O–H groups in total. The van der Waals surface area contributed by atoms with Gasteiger partial charge >= 0.3 is 0 Å². The molecule has 1 atom stereocenters. The minimum Gasteiger partial charge on any atom is -0.306 e. The van der Waals surface area contributed by atoms with Crippen LogP contribution in [0.15, 0.2) is 48.5 Å². The number of rotatable bonds is 5. The summed E-state index contributed by atoms with van der Waals surface area (Å²) in [4.78, 5) is 0. The van der Waals surface area contributed by atoms with E-state index in [0.717, 1.165) is 6.54 Å². The van der Waals surface area contributed by atoms with Gasteiger partial charge in [-0.15, -0.1) is 0 Å². The molecule has 0 aliphatic heterocycles. The lowest BCUT2D eigenvalue weighted by Gasteiger charge is -2.23. The molecule has 0 aromatic heterocycles. The second-order valence-electron chi connectivity index (χ2n) is 6.01. The first-order chi connectivity index (χ1) is 9.58. The van der Waals surface area contributed by atoms with Crippen molar-refractivity contribution in [3.63, 3.8) is 0 Å². The zero-order chi connectivity index (χ0) is 14.5. The van der Waals surface area contributed by atoms with E-state index >= 15 is 0 Å². The van der Waals surface area contributed by atoms with Gasteiger partial charge in [-0.25, -0.2) is 0 Å². The number of aryl methyl sites for hydroxylation is 2. The van der Waals surface area contributed by atoms with Crippen LogP contribution in [0.1, 0.15) is 42.1 Å². The maximum absolute atomic E-state index is 3.72. The van der Waals surface area contributed by atoms with Crippen molar-refractivity contribution in [1.82, 2.24) is 5.32 Å². The van der Waals surface area contributed by atoms with E-state index < -0.39 is 0 Å². The number of hydrogen-bond donors (Lipinski definition) is 1. The van der Waals surface area contributed by atoms with Gasteiger partial charge in [0.05, 0.1) is 6.04 Å². The van der Waals surface area contributed by atoms with Gasteiger partial charge in [-0.3, -0.25) is 0 Å². The van der Waals surface area contributed by atoms with Crippen molar-refractivity contribution in [1.29, 1.82) is 0 Å².